The Hall–Kier alpha value is -1.65. The molecule has 0 spiro atoms. The second kappa shape index (κ2) is 3.38. The second-order valence-corrected chi connectivity index (χ2v) is 2.70. The number of hydrogen-bond acceptors (Lipinski definition) is 3. The maximum atomic E-state index is 11.1. The van der Waals surface area contributed by atoms with Gasteiger partial charge >= 0.3 is 0 Å². The van der Waals surface area contributed by atoms with Crippen LogP contribution in [-0.2, 0) is 6.42 Å². The van der Waals surface area contributed by atoms with Gasteiger partial charge in [-0.25, -0.2) is 4.98 Å². The van der Waals surface area contributed by atoms with E-state index in [9.17, 15) is 9.59 Å². The normalized spacial score (nSPS) is 10.0. The lowest BCUT2D eigenvalue weighted by Gasteiger charge is -2.02. The summed E-state index contributed by atoms with van der Waals surface area (Å²) in [5.41, 5.74) is 5.59. The largest absolute Gasteiger partial charge is 0.364 e. The fourth-order valence-corrected chi connectivity index (χ4v) is 1.08. The maximum Gasteiger partial charge on any atom is 0.279 e. The van der Waals surface area contributed by atoms with Gasteiger partial charge in [-0.1, -0.05) is 6.92 Å². The van der Waals surface area contributed by atoms with Gasteiger partial charge in [0, 0.05) is 5.69 Å². The third-order valence-corrected chi connectivity index (χ3v) is 1.76. The van der Waals surface area contributed by atoms with E-state index in [1.165, 1.54) is 0 Å². The van der Waals surface area contributed by atoms with Gasteiger partial charge in [0.05, 0.1) is 5.69 Å². The van der Waals surface area contributed by atoms with E-state index in [2.05, 4.69) is 9.97 Å². The lowest BCUT2D eigenvalue weighted by Crippen LogP contribution is -2.27. The highest BCUT2D eigenvalue weighted by molar-refractivity contribution is 5.90. The monoisotopic (exact) mass is 181 g/mol. The molecule has 1 aromatic heterocycles. The van der Waals surface area contributed by atoms with Crippen molar-refractivity contribution in [3.05, 3.63) is 27.4 Å². The number of nitrogens with zero attached hydrogens (tertiary/aromatic N) is 1. The van der Waals surface area contributed by atoms with E-state index >= 15 is 0 Å². The van der Waals surface area contributed by atoms with Crippen molar-refractivity contribution in [1.82, 2.24) is 9.97 Å². The number of carbonyl (C=O) groups is 1. The van der Waals surface area contributed by atoms with E-state index in [4.69, 9.17) is 5.73 Å². The number of nitrogens with one attached hydrogen (secondary N) is 1. The molecule has 3 N–H and O–H groups in total. The Bertz CT molecular complexity index is 395. The molecule has 0 aliphatic rings. The third kappa shape index (κ3) is 1.74. The first-order chi connectivity index (χ1) is 6.06. The van der Waals surface area contributed by atoms with Gasteiger partial charge in [-0.15, -0.1) is 0 Å². The first-order valence-electron chi connectivity index (χ1n) is 3.95. The van der Waals surface area contributed by atoms with Crippen LogP contribution in [0.2, 0.25) is 0 Å². The smallest absolute Gasteiger partial charge is 0.279 e. The highest BCUT2D eigenvalue weighted by Crippen LogP contribution is 1.99. The first kappa shape index (κ1) is 9.44. The highest BCUT2D eigenvalue weighted by Gasteiger charge is 2.10. The standard InChI is InChI=1S/C8H11N3O2/c1-3-5-4(2)10-8(13)6(11-5)7(9)12/h3H2,1-2H3,(H2,9,12)(H,10,13). The van der Waals surface area contributed by atoms with Crippen LogP contribution in [0.25, 0.3) is 0 Å². The number of primary amides is 1. The van der Waals surface area contributed by atoms with Gasteiger partial charge in [-0.3, -0.25) is 9.59 Å². The van der Waals surface area contributed by atoms with Crippen LogP contribution in [0.5, 0.6) is 0 Å². The van der Waals surface area contributed by atoms with E-state index in [0.29, 0.717) is 17.8 Å². The van der Waals surface area contributed by atoms with Gasteiger partial charge in [-0.2, -0.15) is 0 Å². The number of aromatic nitrogens is 2. The van der Waals surface area contributed by atoms with Crippen molar-refractivity contribution in [3.63, 3.8) is 0 Å². The topological polar surface area (TPSA) is 88.8 Å². The summed E-state index contributed by atoms with van der Waals surface area (Å²) in [4.78, 5) is 28.3. The summed E-state index contributed by atoms with van der Waals surface area (Å²) in [5, 5.41) is 0. The van der Waals surface area contributed by atoms with Crippen LogP contribution in [0.3, 0.4) is 0 Å². The number of carbonyl (C=O) groups excluding carboxylic acids is 1. The Morgan fingerprint density at radius 3 is 2.69 bits per heavy atom. The van der Waals surface area contributed by atoms with Gasteiger partial charge in [0.2, 0.25) is 0 Å². The molecule has 13 heavy (non-hydrogen) atoms. The lowest BCUT2D eigenvalue weighted by atomic mass is 10.2. The summed E-state index contributed by atoms with van der Waals surface area (Å²) >= 11 is 0. The number of hydrogen-bond donors (Lipinski definition) is 2. The van der Waals surface area contributed by atoms with E-state index in [1.54, 1.807) is 6.92 Å². The Kier molecular flexibility index (Phi) is 2.46. The summed E-state index contributed by atoms with van der Waals surface area (Å²) < 4.78 is 0. The summed E-state index contributed by atoms with van der Waals surface area (Å²) in [7, 11) is 0. The summed E-state index contributed by atoms with van der Waals surface area (Å²) in [6.07, 6.45) is 0.656. The van der Waals surface area contributed by atoms with Gasteiger partial charge < -0.3 is 10.7 Å². The van der Waals surface area contributed by atoms with Crippen molar-refractivity contribution in [1.29, 1.82) is 0 Å². The van der Waals surface area contributed by atoms with Crippen LogP contribution in [0.4, 0.5) is 0 Å². The average molecular weight is 181 g/mol. The Labute approximate surface area is 75.0 Å². The van der Waals surface area contributed by atoms with Crippen LogP contribution in [0.1, 0.15) is 28.8 Å². The molecule has 70 valence electrons. The van der Waals surface area contributed by atoms with E-state index in [-0.39, 0.29) is 5.69 Å². The van der Waals surface area contributed by atoms with E-state index < -0.39 is 11.5 Å². The molecule has 1 aromatic rings. The predicted molar refractivity (Wildman–Crippen MR) is 47.5 cm³/mol. The van der Waals surface area contributed by atoms with Crippen molar-refractivity contribution in [3.8, 4) is 0 Å². The summed E-state index contributed by atoms with van der Waals surface area (Å²) in [5.74, 6) is -0.795. The number of nitrogens with two attached hydrogens (primary N) is 1. The predicted octanol–water partition coefficient (Wildman–Crippen LogP) is -0.260. The minimum atomic E-state index is -0.795. The van der Waals surface area contributed by atoms with Crippen LogP contribution in [0, 0.1) is 6.92 Å². The van der Waals surface area contributed by atoms with Crippen LogP contribution < -0.4 is 11.3 Å². The maximum absolute atomic E-state index is 11.1. The molecule has 0 saturated carbocycles. The Balaban J connectivity index is 3.39. The van der Waals surface area contributed by atoms with Crippen molar-refractivity contribution in [2.75, 3.05) is 0 Å². The first-order valence-corrected chi connectivity index (χ1v) is 3.95. The van der Waals surface area contributed by atoms with Gasteiger partial charge in [0.15, 0.2) is 5.69 Å². The molecule has 0 aliphatic carbocycles. The SMILES string of the molecule is CCc1nc(C(N)=O)c(=O)[nH]c1C. The van der Waals surface area contributed by atoms with Gasteiger partial charge in [0.25, 0.3) is 11.5 Å². The number of rotatable bonds is 2. The molecule has 0 saturated heterocycles. The zero-order chi connectivity index (χ0) is 10.0. The molecular formula is C8H11N3O2. The second-order valence-electron chi connectivity index (χ2n) is 2.70. The fourth-order valence-electron chi connectivity index (χ4n) is 1.08. The van der Waals surface area contributed by atoms with Crippen LogP contribution in [0.15, 0.2) is 4.79 Å². The third-order valence-electron chi connectivity index (χ3n) is 1.76. The quantitative estimate of drug-likeness (QED) is 0.658. The molecule has 5 nitrogen and oxygen atoms in total. The summed E-state index contributed by atoms with van der Waals surface area (Å²) in [6.45, 7) is 3.62. The molecule has 1 amide bonds. The molecule has 0 aliphatic heterocycles. The van der Waals surface area contributed by atoms with Crippen molar-refractivity contribution < 1.29 is 4.79 Å². The molecule has 0 fully saturated rings. The number of aryl methyl sites for hydroxylation is 2. The van der Waals surface area contributed by atoms with Gasteiger partial charge in [-0.05, 0) is 13.3 Å². The molecular weight excluding hydrogens is 170 g/mol. The molecule has 0 bridgehead atoms. The van der Waals surface area contributed by atoms with Crippen molar-refractivity contribution in [2.45, 2.75) is 20.3 Å². The summed E-state index contributed by atoms with van der Waals surface area (Å²) in [6, 6.07) is 0. The molecule has 0 aromatic carbocycles. The average Bonchev–Trinajstić information content (AvgIpc) is 2.03. The minimum absolute atomic E-state index is 0.220. The number of aromatic amines is 1. The zero-order valence-corrected chi connectivity index (χ0v) is 7.55. The van der Waals surface area contributed by atoms with E-state index in [1.807, 2.05) is 6.92 Å². The molecule has 0 unspecified atom stereocenters. The molecule has 1 heterocycles. The van der Waals surface area contributed by atoms with Crippen LogP contribution in [-0.4, -0.2) is 15.9 Å². The molecule has 0 radical (unpaired) electrons. The van der Waals surface area contributed by atoms with E-state index in [0.717, 1.165) is 0 Å². The fraction of sp³-hybridized carbons (Fsp3) is 0.375. The van der Waals surface area contributed by atoms with Gasteiger partial charge in [0.1, 0.15) is 0 Å². The molecule has 5 heteroatoms. The van der Waals surface area contributed by atoms with Crippen LogP contribution >= 0.6 is 0 Å². The highest BCUT2D eigenvalue weighted by atomic mass is 16.2. The zero-order valence-electron chi connectivity index (χ0n) is 7.55. The molecule has 0 atom stereocenters. The lowest BCUT2D eigenvalue weighted by molar-refractivity contribution is 0.0993. The molecule has 1 rings (SSSR count). The Morgan fingerprint density at radius 2 is 2.23 bits per heavy atom. The Morgan fingerprint density at radius 1 is 1.62 bits per heavy atom. The van der Waals surface area contributed by atoms with Crippen molar-refractivity contribution >= 4 is 5.91 Å². The number of amides is 1. The minimum Gasteiger partial charge on any atom is -0.364 e. The number of H-pyrrole nitrogens is 1. The van der Waals surface area contributed by atoms with Crippen molar-refractivity contribution in [2.24, 2.45) is 5.73 Å².